The number of benzene rings is 2. The summed E-state index contributed by atoms with van der Waals surface area (Å²) in [4.78, 5) is 12.1. The Hall–Kier alpha value is -1.72. The fraction of sp³-hybridized carbons (Fsp3) is 0.235. The molecule has 2 aromatic rings. The van der Waals surface area contributed by atoms with Gasteiger partial charge < -0.3 is 15.4 Å². The van der Waals surface area contributed by atoms with E-state index in [1.54, 1.807) is 19.2 Å². The Labute approximate surface area is 149 Å². The highest BCUT2D eigenvalue weighted by atomic mass is 79.9. The average Bonchev–Trinajstić information content (AvgIpc) is 2.52. The summed E-state index contributed by atoms with van der Waals surface area (Å²) >= 11 is 9.53. The summed E-state index contributed by atoms with van der Waals surface area (Å²) in [5, 5.41) is 6.52. The number of carbonyl (C=O) groups excluding carboxylic acids is 1. The summed E-state index contributed by atoms with van der Waals surface area (Å²) in [5.74, 6) is 0.369. The second-order valence-corrected chi connectivity index (χ2v) is 6.43. The molecular formula is C17H18BrClN2O2. The molecule has 23 heavy (non-hydrogen) atoms. The summed E-state index contributed by atoms with van der Waals surface area (Å²) in [6.07, 6.45) is 0. The summed E-state index contributed by atoms with van der Waals surface area (Å²) in [6.45, 7) is 4.04. The number of hydrogen-bond acceptors (Lipinski definition) is 3. The van der Waals surface area contributed by atoms with E-state index in [1.165, 1.54) is 0 Å². The van der Waals surface area contributed by atoms with E-state index in [4.69, 9.17) is 16.3 Å². The van der Waals surface area contributed by atoms with Gasteiger partial charge in [-0.1, -0.05) is 33.6 Å². The lowest BCUT2D eigenvalue weighted by molar-refractivity contribution is -0.114. The van der Waals surface area contributed by atoms with Crippen LogP contribution in [0.1, 0.15) is 11.1 Å². The van der Waals surface area contributed by atoms with Crippen LogP contribution in [0.2, 0.25) is 5.02 Å². The first-order valence-electron chi connectivity index (χ1n) is 7.04. The fourth-order valence-corrected chi connectivity index (χ4v) is 2.54. The molecule has 6 heteroatoms. The van der Waals surface area contributed by atoms with Crippen LogP contribution >= 0.6 is 27.5 Å². The van der Waals surface area contributed by atoms with Crippen LogP contribution in [0.5, 0.6) is 5.75 Å². The minimum absolute atomic E-state index is 0.153. The first-order valence-corrected chi connectivity index (χ1v) is 8.22. The lowest BCUT2D eigenvalue weighted by atomic mass is 10.2. The normalized spacial score (nSPS) is 10.3. The smallest absolute Gasteiger partial charge is 0.243 e. The van der Waals surface area contributed by atoms with Gasteiger partial charge in [0.2, 0.25) is 5.91 Å². The molecule has 0 bridgehead atoms. The van der Waals surface area contributed by atoms with Gasteiger partial charge in [-0.2, -0.15) is 0 Å². The molecule has 0 radical (unpaired) electrons. The number of rotatable bonds is 5. The summed E-state index contributed by atoms with van der Waals surface area (Å²) in [6, 6.07) is 9.34. The molecule has 0 aromatic heterocycles. The van der Waals surface area contributed by atoms with Gasteiger partial charge >= 0.3 is 0 Å². The van der Waals surface area contributed by atoms with Gasteiger partial charge in [0.25, 0.3) is 0 Å². The minimum atomic E-state index is -0.165. The number of aryl methyl sites for hydroxylation is 2. The van der Waals surface area contributed by atoms with E-state index in [9.17, 15) is 4.79 Å². The Morgan fingerprint density at radius 3 is 2.61 bits per heavy atom. The number of carbonyl (C=O) groups is 1. The van der Waals surface area contributed by atoms with Crippen molar-refractivity contribution in [1.82, 2.24) is 0 Å². The van der Waals surface area contributed by atoms with Gasteiger partial charge in [-0.25, -0.2) is 0 Å². The van der Waals surface area contributed by atoms with E-state index >= 15 is 0 Å². The average molecular weight is 398 g/mol. The van der Waals surface area contributed by atoms with E-state index in [0.717, 1.165) is 21.3 Å². The van der Waals surface area contributed by atoms with Crippen molar-refractivity contribution in [3.8, 4) is 5.75 Å². The number of ether oxygens (including phenoxy) is 1. The molecule has 2 N–H and O–H groups in total. The number of amides is 1. The Balaban J connectivity index is 2.02. The van der Waals surface area contributed by atoms with Crippen LogP contribution in [-0.2, 0) is 4.79 Å². The Morgan fingerprint density at radius 2 is 1.96 bits per heavy atom. The highest BCUT2D eigenvalue weighted by molar-refractivity contribution is 9.10. The van der Waals surface area contributed by atoms with Crippen LogP contribution in [0.25, 0.3) is 0 Å². The molecule has 0 aliphatic rings. The van der Waals surface area contributed by atoms with Crippen LogP contribution < -0.4 is 15.4 Å². The molecule has 2 rings (SSSR count). The van der Waals surface area contributed by atoms with Crippen LogP contribution in [0.15, 0.2) is 34.8 Å². The third kappa shape index (κ3) is 4.62. The molecular weight excluding hydrogens is 380 g/mol. The minimum Gasteiger partial charge on any atom is -0.495 e. The van der Waals surface area contributed by atoms with Crippen molar-refractivity contribution in [3.63, 3.8) is 0 Å². The first kappa shape index (κ1) is 17.6. The van der Waals surface area contributed by atoms with Gasteiger partial charge in [-0.3, -0.25) is 4.79 Å². The van der Waals surface area contributed by atoms with Crippen molar-refractivity contribution >= 4 is 44.8 Å². The lowest BCUT2D eigenvalue weighted by Gasteiger charge is -2.13. The SMILES string of the molecule is COc1cc(Cl)c(C)cc1NC(=O)CNc1ccc(C)c(Br)c1. The number of hydrogen-bond donors (Lipinski definition) is 2. The van der Waals surface area contributed by atoms with E-state index in [2.05, 4.69) is 26.6 Å². The Morgan fingerprint density at radius 1 is 1.22 bits per heavy atom. The van der Waals surface area contributed by atoms with E-state index in [1.807, 2.05) is 32.0 Å². The highest BCUT2D eigenvalue weighted by Crippen LogP contribution is 2.30. The molecule has 0 saturated heterocycles. The maximum Gasteiger partial charge on any atom is 0.243 e. The standard InChI is InChI=1S/C17H18BrClN2O2/c1-10-4-5-12(7-13(10)18)20-9-17(22)21-15-6-11(2)14(19)8-16(15)23-3/h4-8,20H,9H2,1-3H3,(H,21,22). The Bertz CT molecular complexity index is 735. The molecule has 2 aromatic carbocycles. The van der Waals surface area contributed by atoms with E-state index in [-0.39, 0.29) is 12.5 Å². The second-order valence-electron chi connectivity index (χ2n) is 5.17. The van der Waals surface area contributed by atoms with Crippen molar-refractivity contribution in [1.29, 1.82) is 0 Å². The summed E-state index contributed by atoms with van der Waals surface area (Å²) in [5.41, 5.74) is 3.49. The maximum atomic E-state index is 12.1. The molecule has 0 aliphatic carbocycles. The molecule has 0 aliphatic heterocycles. The zero-order valence-corrected chi connectivity index (χ0v) is 15.5. The summed E-state index contributed by atoms with van der Waals surface area (Å²) in [7, 11) is 1.54. The van der Waals surface area contributed by atoms with E-state index in [0.29, 0.717) is 16.5 Å². The molecule has 4 nitrogen and oxygen atoms in total. The third-order valence-corrected chi connectivity index (χ3v) is 4.64. The Kier molecular flexibility index (Phi) is 5.91. The van der Waals surface area contributed by atoms with Gasteiger partial charge in [0.15, 0.2) is 0 Å². The van der Waals surface area contributed by atoms with Crippen LogP contribution in [-0.4, -0.2) is 19.6 Å². The number of nitrogens with one attached hydrogen (secondary N) is 2. The van der Waals surface area contributed by atoms with Gasteiger partial charge in [0.05, 0.1) is 19.3 Å². The number of methoxy groups -OCH3 is 1. The molecule has 1 amide bonds. The van der Waals surface area contributed by atoms with Crippen LogP contribution in [0.3, 0.4) is 0 Å². The van der Waals surface area contributed by atoms with Crippen molar-refractivity contribution < 1.29 is 9.53 Å². The largest absolute Gasteiger partial charge is 0.495 e. The lowest BCUT2D eigenvalue weighted by Crippen LogP contribution is -2.22. The van der Waals surface area contributed by atoms with Crippen molar-refractivity contribution in [2.24, 2.45) is 0 Å². The van der Waals surface area contributed by atoms with Crippen molar-refractivity contribution in [3.05, 3.63) is 51.0 Å². The predicted octanol–water partition coefficient (Wildman–Crippen LogP) is 4.78. The fourth-order valence-electron chi connectivity index (χ4n) is 2.01. The number of halogens is 2. The van der Waals surface area contributed by atoms with Crippen LogP contribution in [0, 0.1) is 13.8 Å². The zero-order valence-electron chi connectivity index (χ0n) is 13.2. The van der Waals surface area contributed by atoms with Crippen LogP contribution in [0.4, 0.5) is 11.4 Å². The molecule has 0 unspecified atom stereocenters. The van der Waals surface area contributed by atoms with Crippen molar-refractivity contribution in [2.75, 3.05) is 24.3 Å². The highest BCUT2D eigenvalue weighted by Gasteiger charge is 2.10. The predicted molar refractivity (Wildman–Crippen MR) is 98.7 cm³/mol. The summed E-state index contributed by atoms with van der Waals surface area (Å²) < 4.78 is 6.25. The molecule has 0 heterocycles. The molecule has 122 valence electrons. The van der Waals surface area contributed by atoms with Crippen molar-refractivity contribution in [2.45, 2.75) is 13.8 Å². The van der Waals surface area contributed by atoms with Gasteiger partial charge in [-0.15, -0.1) is 0 Å². The topological polar surface area (TPSA) is 50.4 Å². The van der Waals surface area contributed by atoms with Gasteiger partial charge in [0.1, 0.15) is 5.75 Å². The first-order chi connectivity index (χ1) is 10.9. The third-order valence-electron chi connectivity index (χ3n) is 3.38. The van der Waals surface area contributed by atoms with E-state index < -0.39 is 0 Å². The second kappa shape index (κ2) is 7.70. The molecule has 0 saturated carbocycles. The maximum absolute atomic E-state index is 12.1. The van der Waals surface area contributed by atoms with Gasteiger partial charge in [-0.05, 0) is 43.2 Å². The van der Waals surface area contributed by atoms with Gasteiger partial charge in [0, 0.05) is 21.2 Å². The monoisotopic (exact) mass is 396 g/mol. The zero-order chi connectivity index (χ0) is 17.0. The number of anilines is 2. The molecule has 0 fully saturated rings. The molecule has 0 spiro atoms. The molecule has 0 atom stereocenters. The quantitative estimate of drug-likeness (QED) is 0.763.